The Morgan fingerprint density at radius 3 is 2.42 bits per heavy atom. The Morgan fingerprint density at radius 1 is 1.05 bits per heavy atom. The first kappa shape index (κ1) is 14.6. The Labute approximate surface area is 127 Å². The third-order valence-electron chi connectivity index (χ3n) is 2.86. The van der Waals surface area contributed by atoms with E-state index in [1.165, 1.54) is 12.1 Å². The molecule has 0 spiro atoms. The third-order valence-corrected chi connectivity index (χ3v) is 4.30. The molecular weight excluding hydrogens is 380 g/mol. The van der Waals surface area contributed by atoms with Crippen LogP contribution < -0.4 is 5.32 Å². The fourth-order valence-electron chi connectivity index (χ4n) is 1.94. The second-order valence-corrected chi connectivity index (χ2v) is 5.69. The minimum atomic E-state index is -0.322. The van der Waals surface area contributed by atoms with Gasteiger partial charge in [-0.15, -0.1) is 0 Å². The molecule has 1 nitrogen and oxygen atoms in total. The van der Waals surface area contributed by atoms with Crippen LogP contribution in [0.5, 0.6) is 0 Å². The fourth-order valence-corrected chi connectivity index (χ4v) is 2.83. The molecule has 1 atom stereocenters. The van der Waals surface area contributed by atoms with Crippen molar-refractivity contribution in [2.75, 3.05) is 7.05 Å². The van der Waals surface area contributed by atoms with Crippen LogP contribution in [0.1, 0.15) is 17.2 Å². The Bertz CT molecular complexity index is 602. The molecule has 0 radical (unpaired) electrons. The molecule has 0 saturated carbocycles. The summed E-state index contributed by atoms with van der Waals surface area (Å²) in [5.74, 6) is -0.643. The minimum Gasteiger partial charge on any atom is -0.309 e. The smallest absolute Gasteiger partial charge is 0.137 e. The van der Waals surface area contributed by atoms with Crippen molar-refractivity contribution in [1.82, 2.24) is 5.32 Å². The van der Waals surface area contributed by atoms with Gasteiger partial charge in [0.25, 0.3) is 0 Å². The second-order valence-electron chi connectivity index (χ2n) is 4.04. The summed E-state index contributed by atoms with van der Waals surface area (Å²) in [6, 6.07) is 9.40. The monoisotopic (exact) mass is 389 g/mol. The molecule has 100 valence electrons. The van der Waals surface area contributed by atoms with Gasteiger partial charge in [0.2, 0.25) is 0 Å². The molecule has 0 aliphatic carbocycles. The average molecular weight is 391 g/mol. The molecule has 19 heavy (non-hydrogen) atoms. The molecule has 2 aromatic rings. The van der Waals surface area contributed by atoms with Crippen LogP contribution in [0.4, 0.5) is 8.78 Å². The summed E-state index contributed by atoms with van der Waals surface area (Å²) < 4.78 is 27.7. The lowest BCUT2D eigenvalue weighted by Crippen LogP contribution is -2.18. The van der Waals surface area contributed by atoms with Gasteiger partial charge in [-0.3, -0.25) is 0 Å². The van der Waals surface area contributed by atoms with Gasteiger partial charge in [0.05, 0.1) is 15.0 Å². The lowest BCUT2D eigenvalue weighted by molar-refractivity contribution is 0.604. The lowest BCUT2D eigenvalue weighted by Gasteiger charge is -2.19. The molecule has 0 aromatic heterocycles. The van der Waals surface area contributed by atoms with Crippen molar-refractivity contribution in [3.05, 3.63) is 68.1 Å². The molecule has 0 aliphatic heterocycles. The molecule has 1 N–H and O–H groups in total. The Hall–Kier alpha value is -0.780. The first-order chi connectivity index (χ1) is 9.04. The van der Waals surface area contributed by atoms with Gasteiger partial charge in [-0.1, -0.05) is 18.2 Å². The first-order valence-corrected chi connectivity index (χ1v) is 7.19. The van der Waals surface area contributed by atoms with E-state index in [0.29, 0.717) is 8.95 Å². The lowest BCUT2D eigenvalue weighted by atomic mass is 9.99. The van der Waals surface area contributed by atoms with E-state index in [4.69, 9.17) is 0 Å². The molecule has 0 heterocycles. The highest BCUT2D eigenvalue weighted by Crippen LogP contribution is 2.31. The molecule has 0 aliphatic rings. The maximum atomic E-state index is 13.6. The summed E-state index contributed by atoms with van der Waals surface area (Å²) in [7, 11) is 1.78. The van der Waals surface area contributed by atoms with Crippen molar-refractivity contribution in [1.29, 1.82) is 0 Å². The highest BCUT2D eigenvalue weighted by molar-refractivity contribution is 9.10. The Kier molecular flexibility index (Phi) is 4.71. The van der Waals surface area contributed by atoms with E-state index < -0.39 is 0 Å². The zero-order valence-corrected chi connectivity index (χ0v) is 13.2. The van der Waals surface area contributed by atoms with Gasteiger partial charge < -0.3 is 5.32 Å². The van der Waals surface area contributed by atoms with E-state index >= 15 is 0 Å². The zero-order chi connectivity index (χ0) is 14.0. The summed E-state index contributed by atoms with van der Waals surface area (Å²) in [6.07, 6.45) is 0. The van der Waals surface area contributed by atoms with Crippen LogP contribution in [0.25, 0.3) is 0 Å². The van der Waals surface area contributed by atoms with Crippen molar-refractivity contribution in [2.24, 2.45) is 0 Å². The van der Waals surface area contributed by atoms with Crippen LogP contribution in [0, 0.1) is 11.6 Å². The number of halogens is 4. The molecule has 0 bridgehead atoms. The van der Waals surface area contributed by atoms with Crippen LogP contribution in [0.2, 0.25) is 0 Å². The van der Waals surface area contributed by atoms with Gasteiger partial charge in [0.15, 0.2) is 0 Å². The summed E-state index contributed by atoms with van der Waals surface area (Å²) in [5.41, 5.74) is 1.61. The van der Waals surface area contributed by atoms with Gasteiger partial charge in [-0.2, -0.15) is 0 Å². The van der Waals surface area contributed by atoms with Crippen LogP contribution >= 0.6 is 31.9 Å². The van der Waals surface area contributed by atoms with E-state index in [0.717, 1.165) is 11.1 Å². The zero-order valence-electron chi connectivity index (χ0n) is 10.1. The molecular formula is C14H11Br2F2N. The van der Waals surface area contributed by atoms with Gasteiger partial charge in [-0.25, -0.2) is 8.78 Å². The predicted octanol–water partition coefficient (Wildman–Crippen LogP) is 4.80. The van der Waals surface area contributed by atoms with Crippen LogP contribution in [-0.4, -0.2) is 7.05 Å². The van der Waals surface area contributed by atoms with E-state index in [9.17, 15) is 8.78 Å². The van der Waals surface area contributed by atoms with Crippen LogP contribution in [-0.2, 0) is 0 Å². The minimum absolute atomic E-state index is 0.220. The Morgan fingerprint density at radius 2 is 1.79 bits per heavy atom. The Balaban J connectivity index is 2.50. The van der Waals surface area contributed by atoms with Crippen LogP contribution in [0.3, 0.4) is 0 Å². The van der Waals surface area contributed by atoms with Crippen molar-refractivity contribution in [2.45, 2.75) is 6.04 Å². The highest BCUT2D eigenvalue weighted by Gasteiger charge is 2.17. The van der Waals surface area contributed by atoms with Crippen molar-refractivity contribution >= 4 is 31.9 Å². The number of hydrogen-bond acceptors (Lipinski definition) is 1. The molecule has 2 aromatic carbocycles. The largest absolute Gasteiger partial charge is 0.309 e. The van der Waals surface area contributed by atoms with E-state index in [1.54, 1.807) is 25.2 Å². The second kappa shape index (κ2) is 6.11. The van der Waals surface area contributed by atoms with E-state index in [2.05, 4.69) is 37.2 Å². The summed E-state index contributed by atoms with van der Waals surface area (Å²) >= 11 is 6.41. The maximum absolute atomic E-state index is 13.6. The first-order valence-electron chi connectivity index (χ1n) is 5.60. The molecule has 5 heteroatoms. The fraction of sp³-hybridized carbons (Fsp3) is 0.143. The topological polar surface area (TPSA) is 12.0 Å². The van der Waals surface area contributed by atoms with Crippen molar-refractivity contribution in [3.63, 3.8) is 0 Å². The number of hydrogen-bond donors (Lipinski definition) is 1. The van der Waals surface area contributed by atoms with Gasteiger partial charge >= 0.3 is 0 Å². The normalized spacial score (nSPS) is 12.5. The summed E-state index contributed by atoms with van der Waals surface area (Å²) in [6.45, 7) is 0. The number of rotatable bonds is 3. The number of benzene rings is 2. The number of nitrogens with one attached hydrogen (secondary N) is 1. The third kappa shape index (κ3) is 3.04. The SMILES string of the molecule is CNC(c1ccc(F)c(Br)c1)c1cccc(F)c1Br. The summed E-state index contributed by atoms with van der Waals surface area (Å²) in [5, 5.41) is 3.11. The van der Waals surface area contributed by atoms with Crippen molar-refractivity contribution < 1.29 is 8.78 Å². The van der Waals surface area contributed by atoms with Gasteiger partial charge in [0.1, 0.15) is 11.6 Å². The summed E-state index contributed by atoms with van der Waals surface area (Å²) in [4.78, 5) is 0. The maximum Gasteiger partial charge on any atom is 0.137 e. The van der Waals surface area contributed by atoms with Crippen LogP contribution in [0.15, 0.2) is 45.3 Å². The average Bonchev–Trinajstić information content (AvgIpc) is 2.39. The quantitative estimate of drug-likeness (QED) is 0.793. The van der Waals surface area contributed by atoms with E-state index in [-0.39, 0.29) is 17.7 Å². The standard InChI is InChI=1S/C14H11Br2F2N/c1-19-14(8-5-6-11(17)10(15)7-8)9-3-2-4-12(18)13(9)16/h2-7,14,19H,1H3. The highest BCUT2D eigenvalue weighted by atomic mass is 79.9. The van der Waals surface area contributed by atoms with E-state index in [1.807, 2.05) is 6.07 Å². The molecule has 0 fully saturated rings. The molecule has 1 unspecified atom stereocenters. The molecule has 0 amide bonds. The predicted molar refractivity (Wildman–Crippen MR) is 79.1 cm³/mol. The molecule has 0 saturated heterocycles. The van der Waals surface area contributed by atoms with Crippen molar-refractivity contribution in [3.8, 4) is 0 Å². The van der Waals surface area contributed by atoms with Gasteiger partial charge in [-0.05, 0) is 68.2 Å². The molecule has 2 rings (SSSR count). The van der Waals surface area contributed by atoms with Gasteiger partial charge in [0, 0.05) is 0 Å².